The highest BCUT2D eigenvalue weighted by Gasteiger charge is 2.30. The van der Waals surface area contributed by atoms with E-state index in [0.29, 0.717) is 5.56 Å². The molecule has 4 aromatic rings. The van der Waals surface area contributed by atoms with Gasteiger partial charge in [-0.3, -0.25) is 0 Å². The molecule has 4 rings (SSSR count). The van der Waals surface area contributed by atoms with Crippen LogP contribution in [0.25, 0.3) is 16.9 Å². The van der Waals surface area contributed by atoms with Gasteiger partial charge in [0, 0.05) is 23.7 Å². The number of aliphatic hydroxyl groups is 1. The smallest absolute Gasteiger partial charge is 0.395 e. The molecule has 0 aliphatic carbocycles. The third-order valence-corrected chi connectivity index (χ3v) is 6.53. The number of hydrogen-bond acceptors (Lipinski definition) is 5. The highest BCUT2D eigenvalue weighted by molar-refractivity contribution is 7.89. The van der Waals surface area contributed by atoms with E-state index in [1.807, 2.05) is 0 Å². The number of aliphatic hydroxyl groups excluding tert-OH is 1. The van der Waals surface area contributed by atoms with Gasteiger partial charge in [-0.2, -0.15) is 18.3 Å². The van der Waals surface area contributed by atoms with Crippen LogP contribution in [0.15, 0.2) is 65.6 Å². The van der Waals surface area contributed by atoms with Crippen LogP contribution in [0.2, 0.25) is 0 Å². The fraction of sp³-hybridized carbons (Fsp3) is 0.167. The molecule has 0 saturated carbocycles. The normalized spacial score (nSPS) is 12.1. The van der Waals surface area contributed by atoms with Crippen LogP contribution in [0.4, 0.5) is 22.0 Å². The highest BCUT2D eigenvalue weighted by Crippen LogP contribution is 2.31. The number of nitrogens with one attached hydrogen (secondary N) is 1. The van der Waals surface area contributed by atoms with Crippen molar-refractivity contribution in [1.82, 2.24) is 19.3 Å². The van der Waals surface area contributed by atoms with Gasteiger partial charge in [0.05, 0.1) is 22.8 Å². The molecular weight excluding hydrogens is 519 g/mol. The molecule has 0 unspecified atom stereocenters. The van der Waals surface area contributed by atoms with Gasteiger partial charge in [0.2, 0.25) is 10.0 Å². The van der Waals surface area contributed by atoms with E-state index in [0.717, 1.165) is 34.8 Å². The molecule has 0 bridgehead atoms. The Morgan fingerprint density at radius 1 is 1.03 bits per heavy atom. The van der Waals surface area contributed by atoms with E-state index >= 15 is 0 Å². The van der Waals surface area contributed by atoms with Crippen molar-refractivity contribution in [2.24, 2.45) is 0 Å². The molecule has 2 aromatic carbocycles. The Balaban J connectivity index is 1.69. The Morgan fingerprint density at radius 2 is 1.76 bits per heavy atom. The van der Waals surface area contributed by atoms with Gasteiger partial charge in [-0.05, 0) is 42.3 Å². The number of hydrogen-bond donors (Lipinski definition) is 2. The summed E-state index contributed by atoms with van der Waals surface area (Å²) in [6.07, 6.45) is -7.50. The summed E-state index contributed by atoms with van der Waals surface area (Å²) in [5, 5.41) is 12.9. The molecule has 37 heavy (non-hydrogen) atoms. The van der Waals surface area contributed by atoms with Gasteiger partial charge in [-0.1, -0.05) is 24.1 Å². The molecule has 192 valence electrons. The van der Waals surface area contributed by atoms with Crippen molar-refractivity contribution in [1.29, 1.82) is 0 Å². The number of nitrogens with zero attached hydrogens (tertiary/aromatic N) is 3. The van der Waals surface area contributed by atoms with Crippen LogP contribution in [0.5, 0.6) is 0 Å². The molecule has 0 fully saturated rings. The van der Waals surface area contributed by atoms with Gasteiger partial charge >= 0.3 is 6.18 Å². The van der Waals surface area contributed by atoms with Crippen LogP contribution in [0.3, 0.4) is 0 Å². The summed E-state index contributed by atoms with van der Waals surface area (Å²) >= 11 is 0. The molecule has 2 heterocycles. The largest absolute Gasteiger partial charge is 0.416 e. The van der Waals surface area contributed by atoms with Crippen LogP contribution < -0.4 is 4.72 Å². The maximum atomic E-state index is 13.8. The van der Waals surface area contributed by atoms with Crippen LogP contribution in [-0.2, 0) is 16.2 Å². The van der Waals surface area contributed by atoms with Crippen LogP contribution in [0.1, 0.15) is 28.9 Å². The van der Waals surface area contributed by atoms with Crippen molar-refractivity contribution in [3.05, 3.63) is 83.2 Å². The van der Waals surface area contributed by atoms with Gasteiger partial charge < -0.3 is 5.11 Å². The van der Waals surface area contributed by atoms with E-state index in [1.54, 1.807) is 6.07 Å². The van der Waals surface area contributed by atoms with E-state index in [9.17, 15) is 30.4 Å². The number of halogens is 5. The van der Waals surface area contributed by atoms with Crippen molar-refractivity contribution < 1.29 is 35.5 Å². The maximum Gasteiger partial charge on any atom is 0.416 e. The number of benzene rings is 2. The van der Waals surface area contributed by atoms with Crippen molar-refractivity contribution in [2.75, 3.05) is 13.2 Å². The van der Waals surface area contributed by atoms with E-state index in [2.05, 4.69) is 26.6 Å². The first-order valence-electron chi connectivity index (χ1n) is 10.6. The first-order valence-corrected chi connectivity index (χ1v) is 12.1. The number of alkyl halides is 5. The van der Waals surface area contributed by atoms with Crippen molar-refractivity contribution >= 4 is 15.7 Å². The third kappa shape index (κ3) is 5.93. The van der Waals surface area contributed by atoms with Crippen molar-refractivity contribution in [2.45, 2.75) is 17.5 Å². The van der Waals surface area contributed by atoms with E-state index < -0.39 is 33.9 Å². The van der Waals surface area contributed by atoms with Crippen LogP contribution >= 0.6 is 0 Å². The second kappa shape index (κ2) is 10.3. The summed E-state index contributed by atoms with van der Waals surface area (Å²) in [5.74, 6) is 5.39. The van der Waals surface area contributed by atoms with Crippen molar-refractivity contribution in [3.8, 4) is 23.1 Å². The fourth-order valence-corrected chi connectivity index (χ4v) is 4.40. The first-order chi connectivity index (χ1) is 17.5. The lowest BCUT2D eigenvalue weighted by molar-refractivity contribution is -0.137. The second-order valence-electron chi connectivity index (χ2n) is 7.64. The third-order valence-electron chi connectivity index (χ3n) is 5.07. The first kappa shape index (κ1) is 26.2. The molecule has 0 spiro atoms. The van der Waals surface area contributed by atoms with E-state index in [-0.39, 0.29) is 40.6 Å². The molecule has 0 aliphatic rings. The minimum Gasteiger partial charge on any atom is -0.395 e. The zero-order chi connectivity index (χ0) is 26.8. The van der Waals surface area contributed by atoms with Crippen LogP contribution in [-0.4, -0.2) is 41.3 Å². The molecule has 0 aliphatic heterocycles. The molecule has 2 aromatic heterocycles. The van der Waals surface area contributed by atoms with E-state index in [4.69, 9.17) is 5.11 Å². The average molecular weight is 536 g/mol. The summed E-state index contributed by atoms with van der Waals surface area (Å²) in [6.45, 7) is -0.532. The summed E-state index contributed by atoms with van der Waals surface area (Å²) in [5.41, 5.74) is -0.808. The Bertz CT molecular complexity index is 1610. The number of sulfonamides is 1. The van der Waals surface area contributed by atoms with Crippen molar-refractivity contribution in [3.63, 3.8) is 0 Å². The van der Waals surface area contributed by atoms with Gasteiger partial charge in [0.15, 0.2) is 5.65 Å². The highest BCUT2D eigenvalue weighted by atomic mass is 32.2. The Morgan fingerprint density at radius 3 is 2.41 bits per heavy atom. The Kier molecular flexibility index (Phi) is 7.26. The average Bonchev–Trinajstić information content (AvgIpc) is 3.28. The van der Waals surface area contributed by atoms with Gasteiger partial charge in [0.1, 0.15) is 11.4 Å². The van der Waals surface area contributed by atoms with Gasteiger partial charge in [-0.25, -0.2) is 31.4 Å². The molecule has 0 radical (unpaired) electrons. The van der Waals surface area contributed by atoms with Gasteiger partial charge in [0.25, 0.3) is 6.43 Å². The molecule has 2 N–H and O–H groups in total. The molecule has 0 saturated heterocycles. The molecule has 0 atom stereocenters. The quantitative estimate of drug-likeness (QED) is 0.287. The lowest BCUT2D eigenvalue weighted by Gasteiger charge is -2.09. The topological polar surface area (TPSA) is 96.6 Å². The van der Waals surface area contributed by atoms with Gasteiger partial charge in [-0.15, -0.1) is 0 Å². The minimum atomic E-state index is -4.54. The number of rotatable bonds is 6. The summed E-state index contributed by atoms with van der Waals surface area (Å²) < 4.78 is 93.6. The van der Waals surface area contributed by atoms with Crippen LogP contribution in [0, 0.1) is 11.8 Å². The minimum absolute atomic E-state index is 0.00142. The van der Waals surface area contributed by atoms with E-state index in [1.165, 1.54) is 24.3 Å². The lowest BCUT2D eigenvalue weighted by Crippen LogP contribution is -2.26. The second-order valence-corrected chi connectivity index (χ2v) is 9.41. The lowest BCUT2D eigenvalue weighted by atomic mass is 10.1. The SMILES string of the molecule is O=S(=O)(NCCO)c1cccc(C#Cc2cc3nc(-c4ccc(C(F)(F)F)cc4)cc(C(F)F)n3n2)c1. The molecule has 0 amide bonds. The predicted molar refractivity (Wildman–Crippen MR) is 123 cm³/mol. The Hall–Kier alpha value is -3.86. The maximum absolute atomic E-state index is 13.8. The zero-order valence-corrected chi connectivity index (χ0v) is 19.5. The number of fused-ring (bicyclic) bond motifs is 1. The zero-order valence-electron chi connectivity index (χ0n) is 18.7. The monoisotopic (exact) mass is 536 g/mol. The summed E-state index contributed by atoms with van der Waals surface area (Å²) in [7, 11) is -3.86. The molecule has 13 heteroatoms. The standard InChI is InChI=1S/C24H17F5N4O3S/c25-23(26)21-14-20(16-5-7-17(8-6-16)24(27,28)29)31-22-13-18(32-33(21)22)9-4-15-2-1-3-19(12-15)37(35,36)30-10-11-34/h1-3,5-8,12-14,23,30,34H,10-11H2. The fourth-order valence-electron chi connectivity index (χ4n) is 3.33. The summed E-state index contributed by atoms with van der Waals surface area (Å²) in [4.78, 5) is 4.16. The Labute approximate surface area is 207 Å². The molecule has 7 nitrogen and oxygen atoms in total. The number of aromatic nitrogens is 3. The summed E-state index contributed by atoms with van der Waals surface area (Å²) in [6, 6.07) is 12.0. The molecular formula is C24H17F5N4O3S. The predicted octanol–water partition coefficient (Wildman–Crippen LogP) is 4.02.